The fourth-order valence-electron chi connectivity index (χ4n) is 2.36. The summed E-state index contributed by atoms with van der Waals surface area (Å²) < 4.78 is 6.09. The first-order valence-corrected chi connectivity index (χ1v) is 6.93. The number of ether oxygens (including phenoxy) is 1. The van der Waals surface area contributed by atoms with Crippen molar-refractivity contribution in [3.63, 3.8) is 0 Å². The molecule has 0 spiro atoms. The highest BCUT2D eigenvalue weighted by Gasteiger charge is 2.18. The molecule has 0 radical (unpaired) electrons. The molecule has 0 aliphatic carbocycles. The van der Waals surface area contributed by atoms with E-state index in [1.54, 1.807) is 0 Å². The summed E-state index contributed by atoms with van der Waals surface area (Å²) in [5.41, 5.74) is 2.19. The first-order valence-electron chi connectivity index (χ1n) is 6.55. The van der Waals surface area contributed by atoms with Crippen molar-refractivity contribution < 1.29 is 4.74 Å². The Morgan fingerprint density at radius 3 is 2.60 bits per heavy atom. The standard InChI is InChI=1S/C16H16ClNO.ClH/c17-13-6-7-16(19-14-8-9-18-11-14)15(10-13)12-4-2-1-3-5-12;/h1-7,10,14,18H,8-9,11H2;1H. The van der Waals surface area contributed by atoms with Gasteiger partial charge in [0.2, 0.25) is 0 Å². The maximum absolute atomic E-state index is 6.12. The fourth-order valence-corrected chi connectivity index (χ4v) is 2.53. The zero-order valence-electron chi connectivity index (χ0n) is 11.0. The number of hydrogen-bond acceptors (Lipinski definition) is 2. The number of halogens is 2. The lowest BCUT2D eigenvalue weighted by molar-refractivity contribution is 0.224. The van der Waals surface area contributed by atoms with Gasteiger partial charge in [0.25, 0.3) is 0 Å². The topological polar surface area (TPSA) is 21.3 Å². The second-order valence-corrected chi connectivity index (χ2v) is 5.18. The van der Waals surface area contributed by atoms with Gasteiger partial charge in [-0.25, -0.2) is 0 Å². The normalized spacial score (nSPS) is 17.6. The second-order valence-electron chi connectivity index (χ2n) is 4.74. The molecule has 0 bridgehead atoms. The van der Waals surface area contributed by atoms with E-state index in [0.29, 0.717) is 0 Å². The minimum Gasteiger partial charge on any atom is -0.488 e. The van der Waals surface area contributed by atoms with Gasteiger partial charge in [-0.2, -0.15) is 0 Å². The molecule has 3 rings (SSSR count). The molecular formula is C16H17Cl2NO. The van der Waals surface area contributed by atoms with Crippen LogP contribution in [0.2, 0.25) is 5.02 Å². The lowest BCUT2D eigenvalue weighted by Crippen LogP contribution is -2.19. The van der Waals surface area contributed by atoms with Gasteiger partial charge in [0.15, 0.2) is 0 Å². The molecule has 1 aliphatic heterocycles. The van der Waals surface area contributed by atoms with Crippen molar-refractivity contribution >= 4 is 24.0 Å². The Bertz CT molecular complexity index is 554. The summed E-state index contributed by atoms with van der Waals surface area (Å²) in [7, 11) is 0. The van der Waals surface area contributed by atoms with Crippen LogP contribution in [-0.2, 0) is 0 Å². The molecule has 1 atom stereocenters. The molecule has 1 unspecified atom stereocenters. The van der Waals surface area contributed by atoms with Crippen molar-refractivity contribution in [2.24, 2.45) is 0 Å². The quantitative estimate of drug-likeness (QED) is 0.919. The minimum absolute atomic E-state index is 0. The second kappa shape index (κ2) is 6.98. The van der Waals surface area contributed by atoms with Crippen molar-refractivity contribution in [2.75, 3.05) is 13.1 Å². The Morgan fingerprint density at radius 1 is 1.10 bits per heavy atom. The summed E-state index contributed by atoms with van der Waals surface area (Å²) in [6, 6.07) is 16.0. The van der Waals surface area contributed by atoms with Crippen molar-refractivity contribution in [2.45, 2.75) is 12.5 Å². The molecule has 2 aromatic carbocycles. The summed E-state index contributed by atoms with van der Waals surface area (Å²) in [6.07, 6.45) is 1.31. The van der Waals surface area contributed by atoms with Gasteiger partial charge in [-0.05, 0) is 36.7 Å². The maximum Gasteiger partial charge on any atom is 0.127 e. The first kappa shape index (κ1) is 15.2. The number of nitrogens with one attached hydrogen (secondary N) is 1. The molecule has 0 aromatic heterocycles. The SMILES string of the molecule is Cl.Clc1ccc(OC2CCNC2)c(-c2ccccc2)c1. The van der Waals surface area contributed by atoms with Crippen LogP contribution in [0.4, 0.5) is 0 Å². The summed E-state index contributed by atoms with van der Waals surface area (Å²) in [5, 5.41) is 4.04. The lowest BCUT2D eigenvalue weighted by Gasteiger charge is -2.16. The van der Waals surface area contributed by atoms with E-state index in [0.717, 1.165) is 41.4 Å². The third kappa shape index (κ3) is 3.45. The van der Waals surface area contributed by atoms with Crippen LogP contribution in [0, 0.1) is 0 Å². The highest BCUT2D eigenvalue weighted by atomic mass is 35.5. The molecule has 4 heteroatoms. The molecule has 1 aliphatic rings. The zero-order chi connectivity index (χ0) is 13.1. The van der Waals surface area contributed by atoms with E-state index < -0.39 is 0 Å². The average molecular weight is 310 g/mol. The monoisotopic (exact) mass is 309 g/mol. The molecule has 2 aromatic rings. The van der Waals surface area contributed by atoms with E-state index >= 15 is 0 Å². The van der Waals surface area contributed by atoms with E-state index in [2.05, 4.69) is 17.4 Å². The van der Waals surface area contributed by atoms with E-state index in [4.69, 9.17) is 16.3 Å². The molecule has 2 nitrogen and oxygen atoms in total. The van der Waals surface area contributed by atoms with E-state index in [-0.39, 0.29) is 18.5 Å². The van der Waals surface area contributed by atoms with Crippen LogP contribution in [0.25, 0.3) is 11.1 Å². The van der Waals surface area contributed by atoms with Crippen LogP contribution in [-0.4, -0.2) is 19.2 Å². The Balaban J connectivity index is 0.00000147. The predicted octanol–water partition coefficient (Wildman–Crippen LogP) is 4.17. The third-order valence-electron chi connectivity index (χ3n) is 3.34. The van der Waals surface area contributed by atoms with E-state index in [9.17, 15) is 0 Å². The van der Waals surface area contributed by atoms with Crippen LogP contribution < -0.4 is 10.1 Å². The summed E-state index contributed by atoms with van der Waals surface area (Å²) in [4.78, 5) is 0. The molecule has 0 saturated carbocycles. The van der Waals surface area contributed by atoms with Crippen molar-refractivity contribution in [1.82, 2.24) is 5.32 Å². The first-order chi connectivity index (χ1) is 9.33. The van der Waals surface area contributed by atoms with Crippen molar-refractivity contribution in [1.29, 1.82) is 0 Å². The largest absolute Gasteiger partial charge is 0.488 e. The lowest BCUT2D eigenvalue weighted by atomic mass is 10.0. The Morgan fingerprint density at radius 2 is 1.90 bits per heavy atom. The predicted molar refractivity (Wildman–Crippen MR) is 86.0 cm³/mol. The third-order valence-corrected chi connectivity index (χ3v) is 3.57. The van der Waals surface area contributed by atoms with Gasteiger partial charge in [0.1, 0.15) is 11.9 Å². The van der Waals surface area contributed by atoms with Crippen LogP contribution >= 0.6 is 24.0 Å². The van der Waals surface area contributed by atoms with Gasteiger partial charge in [0, 0.05) is 17.1 Å². The summed E-state index contributed by atoms with van der Waals surface area (Å²) in [5.74, 6) is 0.907. The smallest absolute Gasteiger partial charge is 0.127 e. The van der Waals surface area contributed by atoms with Crippen molar-refractivity contribution in [3.05, 3.63) is 53.6 Å². The fraction of sp³-hybridized carbons (Fsp3) is 0.250. The Kier molecular flexibility index (Phi) is 5.30. The van der Waals surface area contributed by atoms with E-state index in [1.807, 2.05) is 36.4 Å². The van der Waals surface area contributed by atoms with Crippen LogP contribution in [0.1, 0.15) is 6.42 Å². The summed E-state index contributed by atoms with van der Waals surface area (Å²) >= 11 is 6.12. The maximum atomic E-state index is 6.12. The van der Waals surface area contributed by atoms with Crippen LogP contribution in [0.5, 0.6) is 5.75 Å². The van der Waals surface area contributed by atoms with E-state index in [1.165, 1.54) is 0 Å². The molecule has 1 fully saturated rings. The molecular weight excluding hydrogens is 293 g/mol. The molecule has 20 heavy (non-hydrogen) atoms. The molecule has 106 valence electrons. The van der Waals surface area contributed by atoms with Crippen LogP contribution in [0.15, 0.2) is 48.5 Å². The summed E-state index contributed by atoms with van der Waals surface area (Å²) in [6.45, 7) is 1.94. The average Bonchev–Trinajstić information content (AvgIpc) is 2.95. The van der Waals surface area contributed by atoms with Gasteiger partial charge in [0.05, 0.1) is 0 Å². The number of rotatable bonds is 3. The Labute approximate surface area is 130 Å². The van der Waals surface area contributed by atoms with Gasteiger partial charge >= 0.3 is 0 Å². The molecule has 0 amide bonds. The van der Waals surface area contributed by atoms with Crippen molar-refractivity contribution in [3.8, 4) is 16.9 Å². The Hall–Kier alpha value is -1.22. The molecule has 1 heterocycles. The highest BCUT2D eigenvalue weighted by Crippen LogP contribution is 2.33. The molecule has 1 N–H and O–H groups in total. The zero-order valence-corrected chi connectivity index (χ0v) is 12.6. The van der Waals surface area contributed by atoms with Crippen LogP contribution in [0.3, 0.4) is 0 Å². The highest BCUT2D eigenvalue weighted by molar-refractivity contribution is 6.31. The minimum atomic E-state index is 0. The number of hydrogen-bond donors (Lipinski definition) is 1. The number of benzene rings is 2. The van der Waals surface area contributed by atoms with Gasteiger partial charge in [-0.3, -0.25) is 0 Å². The van der Waals surface area contributed by atoms with Gasteiger partial charge < -0.3 is 10.1 Å². The molecule has 1 saturated heterocycles. The van der Waals surface area contributed by atoms with Gasteiger partial charge in [-0.1, -0.05) is 41.9 Å². The van der Waals surface area contributed by atoms with Gasteiger partial charge in [-0.15, -0.1) is 12.4 Å².